The smallest absolute Gasteiger partial charge is 0.421 e. The number of carbonyl (C=O) groups is 1. The first-order valence-electron chi connectivity index (χ1n) is 9.56. The minimum Gasteiger partial charge on any atom is -0.443 e. The average Bonchev–Trinajstić information content (AvgIpc) is 3.12. The zero-order chi connectivity index (χ0) is 22.3. The molecule has 160 valence electrons. The largest absolute Gasteiger partial charge is 0.443 e. The minimum atomic E-state index is -0.639. The molecule has 4 rings (SSSR count). The number of hydrogen-bond donors (Lipinski definition) is 1. The topological polar surface area (TPSA) is 94.8 Å². The second-order valence-electron chi connectivity index (χ2n) is 8.03. The van der Waals surface area contributed by atoms with Crippen LogP contribution in [0.1, 0.15) is 39.4 Å². The summed E-state index contributed by atoms with van der Waals surface area (Å²) < 4.78 is 6.67. The van der Waals surface area contributed by atoms with Gasteiger partial charge in [0.15, 0.2) is 17.0 Å². The number of nitrogens with zero attached hydrogens (tertiary/aromatic N) is 5. The molecule has 0 amide bonds. The van der Waals surface area contributed by atoms with E-state index in [0.29, 0.717) is 38.2 Å². The van der Waals surface area contributed by atoms with Crippen LogP contribution in [0.2, 0.25) is 10.2 Å². The van der Waals surface area contributed by atoms with E-state index >= 15 is 0 Å². The molecule has 0 saturated heterocycles. The molecule has 3 aromatic heterocycles. The van der Waals surface area contributed by atoms with E-state index in [1.807, 2.05) is 25.1 Å². The van der Waals surface area contributed by atoms with Crippen LogP contribution in [0.4, 0.5) is 10.6 Å². The number of imidazole rings is 1. The maximum absolute atomic E-state index is 12.5. The number of fused-ring (bicyclic) bond motifs is 2. The summed E-state index contributed by atoms with van der Waals surface area (Å²) >= 11 is 12.6. The molecule has 0 spiro atoms. The quantitative estimate of drug-likeness (QED) is 0.396. The third-order valence-electron chi connectivity index (χ3n) is 4.50. The van der Waals surface area contributed by atoms with Crippen LogP contribution in [0, 0.1) is 0 Å². The Morgan fingerprint density at radius 1 is 1.19 bits per heavy atom. The molecular formula is C21H20Cl2N6O2. The van der Waals surface area contributed by atoms with Gasteiger partial charge in [-0.3, -0.25) is 0 Å². The number of pyridine rings is 1. The van der Waals surface area contributed by atoms with E-state index in [0.717, 1.165) is 5.39 Å². The maximum Gasteiger partial charge on any atom is 0.421 e. The first kappa shape index (κ1) is 21.3. The van der Waals surface area contributed by atoms with Gasteiger partial charge in [0.25, 0.3) is 0 Å². The molecule has 0 bridgehead atoms. The van der Waals surface area contributed by atoms with Crippen molar-refractivity contribution in [3.05, 3.63) is 52.8 Å². The summed E-state index contributed by atoms with van der Waals surface area (Å²) in [5, 5.41) is 5.75. The Morgan fingerprint density at radius 3 is 2.71 bits per heavy atom. The van der Waals surface area contributed by atoms with Crippen molar-refractivity contribution in [3.63, 3.8) is 0 Å². The van der Waals surface area contributed by atoms with Crippen molar-refractivity contribution in [2.45, 2.75) is 39.3 Å². The van der Waals surface area contributed by atoms with E-state index in [1.165, 1.54) is 17.2 Å². The van der Waals surface area contributed by atoms with Crippen molar-refractivity contribution in [1.82, 2.24) is 24.5 Å². The van der Waals surface area contributed by atoms with Gasteiger partial charge in [0, 0.05) is 5.39 Å². The first-order valence-corrected chi connectivity index (χ1v) is 10.3. The summed E-state index contributed by atoms with van der Waals surface area (Å²) in [5.74, 6) is 0.462. The van der Waals surface area contributed by atoms with Crippen molar-refractivity contribution in [2.75, 3.05) is 5.32 Å². The second-order valence-corrected chi connectivity index (χ2v) is 8.80. The SMILES string of the molecule is CC(Nc1ncnc2c1ncn2C(=O)OC(C)(C)C)c1cc2cccc(Cl)c2c(Cl)n1. The highest BCUT2D eigenvalue weighted by atomic mass is 35.5. The Morgan fingerprint density at radius 2 is 1.97 bits per heavy atom. The monoisotopic (exact) mass is 458 g/mol. The lowest BCUT2D eigenvalue weighted by Gasteiger charge is -2.19. The fraction of sp³-hybridized carbons (Fsp3) is 0.286. The average molecular weight is 459 g/mol. The van der Waals surface area contributed by atoms with Crippen LogP contribution in [-0.2, 0) is 4.74 Å². The third-order valence-corrected chi connectivity index (χ3v) is 5.09. The molecule has 1 aromatic carbocycles. The van der Waals surface area contributed by atoms with E-state index in [1.54, 1.807) is 26.8 Å². The zero-order valence-corrected chi connectivity index (χ0v) is 18.9. The zero-order valence-electron chi connectivity index (χ0n) is 17.3. The van der Waals surface area contributed by atoms with Gasteiger partial charge < -0.3 is 10.1 Å². The van der Waals surface area contributed by atoms with Crippen molar-refractivity contribution in [3.8, 4) is 0 Å². The molecule has 1 atom stereocenters. The summed E-state index contributed by atoms with van der Waals surface area (Å²) in [6.45, 7) is 7.31. The molecule has 3 heterocycles. The lowest BCUT2D eigenvalue weighted by molar-refractivity contribution is 0.0542. The number of aromatic nitrogens is 5. The molecule has 0 fully saturated rings. The Hall–Kier alpha value is -2.97. The number of halogens is 2. The van der Waals surface area contributed by atoms with Crippen molar-refractivity contribution >= 4 is 57.0 Å². The van der Waals surface area contributed by atoms with Crippen LogP contribution in [0.3, 0.4) is 0 Å². The van der Waals surface area contributed by atoms with Crippen molar-refractivity contribution in [2.24, 2.45) is 0 Å². The van der Waals surface area contributed by atoms with Crippen LogP contribution in [0.25, 0.3) is 21.9 Å². The summed E-state index contributed by atoms with van der Waals surface area (Å²) in [5.41, 5.74) is 0.851. The van der Waals surface area contributed by atoms with Crippen molar-refractivity contribution in [1.29, 1.82) is 0 Å². The van der Waals surface area contributed by atoms with Gasteiger partial charge >= 0.3 is 6.09 Å². The van der Waals surface area contributed by atoms with Gasteiger partial charge in [-0.05, 0) is 45.2 Å². The Bertz CT molecular complexity index is 1300. The highest BCUT2D eigenvalue weighted by molar-refractivity contribution is 6.41. The van der Waals surface area contributed by atoms with Gasteiger partial charge in [-0.2, -0.15) is 0 Å². The highest BCUT2D eigenvalue weighted by Gasteiger charge is 2.22. The number of ether oxygens (including phenoxy) is 1. The molecule has 1 unspecified atom stereocenters. The van der Waals surface area contributed by atoms with Gasteiger partial charge in [-0.25, -0.2) is 29.3 Å². The van der Waals surface area contributed by atoms with Gasteiger partial charge in [-0.1, -0.05) is 35.3 Å². The fourth-order valence-corrected chi connectivity index (χ4v) is 3.75. The number of anilines is 1. The molecule has 0 aliphatic rings. The molecule has 4 aromatic rings. The van der Waals surface area contributed by atoms with Crippen LogP contribution in [0.15, 0.2) is 36.9 Å². The van der Waals surface area contributed by atoms with E-state index in [-0.39, 0.29) is 6.04 Å². The molecule has 10 heteroatoms. The van der Waals surface area contributed by atoms with E-state index in [4.69, 9.17) is 27.9 Å². The Labute approximate surface area is 188 Å². The predicted molar refractivity (Wildman–Crippen MR) is 121 cm³/mol. The number of rotatable bonds is 3. The lowest BCUT2D eigenvalue weighted by Crippen LogP contribution is -2.26. The van der Waals surface area contributed by atoms with Crippen LogP contribution < -0.4 is 5.32 Å². The van der Waals surface area contributed by atoms with Gasteiger partial charge in [0.2, 0.25) is 0 Å². The van der Waals surface area contributed by atoms with E-state index in [9.17, 15) is 4.79 Å². The van der Waals surface area contributed by atoms with Gasteiger partial charge in [0.1, 0.15) is 23.4 Å². The normalized spacial score (nSPS) is 12.8. The number of benzene rings is 1. The maximum atomic E-state index is 12.5. The molecule has 0 aliphatic carbocycles. The molecule has 1 N–H and O–H groups in total. The molecule has 31 heavy (non-hydrogen) atoms. The predicted octanol–water partition coefficient (Wildman–Crippen LogP) is 5.64. The molecule has 0 saturated carbocycles. The summed E-state index contributed by atoms with van der Waals surface area (Å²) in [6.07, 6.45) is 2.17. The first-order chi connectivity index (χ1) is 14.6. The third kappa shape index (κ3) is 4.26. The Kier molecular flexibility index (Phi) is 5.45. The summed E-state index contributed by atoms with van der Waals surface area (Å²) in [4.78, 5) is 29.7. The minimum absolute atomic E-state index is 0.259. The summed E-state index contributed by atoms with van der Waals surface area (Å²) in [7, 11) is 0. The van der Waals surface area contributed by atoms with Gasteiger partial charge in [-0.15, -0.1) is 0 Å². The standard InChI is InChI=1S/C21H20Cl2N6O2/c1-11(14-8-12-6-5-7-13(22)15(12)17(23)28-14)27-18-16-19(25-9-24-18)29(10-26-16)20(30)31-21(2,3)4/h5-11H,1-4H3,(H,24,25,27). The molecule has 0 aliphatic heterocycles. The summed E-state index contributed by atoms with van der Waals surface area (Å²) in [6, 6.07) is 7.22. The number of carbonyl (C=O) groups excluding carboxylic acids is 1. The van der Waals surface area contributed by atoms with Gasteiger partial charge in [0.05, 0.1) is 16.8 Å². The molecular weight excluding hydrogens is 439 g/mol. The fourth-order valence-electron chi connectivity index (χ4n) is 3.13. The second kappa shape index (κ2) is 7.94. The number of hydrogen-bond acceptors (Lipinski definition) is 7. The van der Waals surface area contributed by atoms with E-state index in [2.05, 4.69) is 25.3 Å². The molecule has 8 nitrogen and oxygen atoms in total. The highest BCUT2D eigenvalue weighted by Crippen LogP contribution is 2.32. The van der Waals surface area contributed by atoms with Crippen LogP contribution in [-0.4, -0.2) is 36.2 Å². The number of nitrogens with one attached hydrogen (secondary N) is 1. The van der Waals surface area contributed by atoms with Crippen LogP contribution in [0.5, 0.6) is 0 Å². The Balaban J connectivity index is 1.66. The van der Waals surface area contributed by atoms with Crippen molar-refractivity contribution < 1.29 is 9.53 Å². The lowest BCUT2D eigenvalue weighted by atomic mass is 10.1. The van der Waals surface area contributed by atoms with E-state index < -0.39 is 11.7 Å². The molecule has 0 radical (unpaired) electrons. The van der Waals surface area contributed by atoms with Crippen LogP contribution >= 0.6 is 23.2 Å².